The normalized spacial score (nSPS) is 26.0. The molecule has 0 aromatic rings. The number of rotatable bonds is 0. The summed E-state index contributed by atoms with van der Waals surface area (Å²) in [6, 6.07) is 0. The van der Waals surface area contributed by atoms with Gasteiger partial charge in [-0.3, -0.25) is 4.99 Å². The Bertz CT molecular complexity index is 149. The molecule has 1 heterocycles. The van der Waals surface area contributed by atoms with Crippen molar-refractivity contribution in [1.82, 2.24) is 0 Å². The summed E-state index contributed by atoms with van der Waals surface area (Å²) in [5, 5.41) is 1.16. The van der Waals surface area contributed by atoms with Crippen molar-refractivity contribution in [2.24, 2.45) is 10.9 Å². The molecule has 0 N–H and O–H groups in total. The molecule has 1 nitrogen and oxygen atoms in total. The van der Waals surface area contributed by atoms with E-state index in [-0.39, 0.29) is 0 Å². The zero-order valence-corrected chi connectivity index (χ0v) is 6.61. The van der Waals surface area contributed by atoms with Gasteiger partial charge in [0.15, 0.2) is 0 Å². The molecule has 0 aromatic carbocycles. The molecule has 0 radical (unpaired) electrons. The molecule has 0 spiro atoms. The Morgan fingerprint density at radius 3 is 3.00 bits per heavy atom. The molecule has 50 valence electrons. The van der Waals surface area contributed by atoms with Crippen LogP contribution in [-0.2, 0) is 0 Å². The van der Waals surface area contributed by atoms with Crippen molar-refractivity contribution in [1.29, 1.82) is 0 Å². The van der Waals surface area contributed by atoms with Crippen LogP contribution in [0.2, 0.25) is 0 Å². The van der Waals surface area contributed by atoms with Crippen LogP contribution in [0.25, 0.3) is 0 Å². The molecule has 0 saturated carbocycles. The van der Waals surface area contributed by atoms with Crippen molar-refractivity contribution in [3.63, 3.8) is 0 Å². The zero-order valence-electron chi connectivity index (χ0n) is 5.79. The van der Waals surface area contributed by atoms with Crippen molar-refractivity contribution >= 4 is 16.8 Å². The van der Waals surface area contributed by atoms with Crippen LogP contribution in [-0.4, -0.2) is 17.8 Å². The zero-order chi connectivity index (χ0) is 6.69. The Hall–Kier alpha value is -0.240. The van der Waals surface area contributed by atoms with Crippen molar-refractivity contribution < 1.29 is 0 Å². The molecule has 0 fully saturated rings. The molecule has 0 amide bonds. The molecule has 1 atom stereocenters. The van der Waals surface area contributed by atoms with E-state index in [2.05, 4.69) is 30.3 Å². The Morgan fingerprint density at radius 2 is 2.56 bits per heavy atom. The van der Waals surface area contributed by atoms with E-state index in [0.717, 1.165) is 11.6 Å². The predicted octanol–water partition coefficient (Wildman–Crippen LogP) is 1.95. The lowest BCUT2D eigenvalue weighted by Gasteiger charge is -2.07. The van der Waals surface area contributed by atoms with Gasteiger partial charge in [0.2, 0.25) is 0 Å². The highest BCUT2D eigenvalue weighted by atomic mass is 32.2. The standard InChI is InChI=1S/C7H11NS/c1-6-3-4-7(9-2)8-5-6/h3-4,6H,5H2,1-2H3. The van der Waals surface area contributed by atoms with Gasteiger partial charge in [-0.2, -0.15) is 0 Å². The van der Waals surface area contributed by atoms with Crippen LogP contribution in [0.4, 0.5) is 0 Å². The second kappa shape index (κ2) is 3.06. The van der Waals surface area contributed by atoms with Crippen LogP contribution in [0, 0.1) is 5.92 Å². The third-order valence-electron chi connectivity index (χ3n) is 1.31. The minimum atomic E-state index is 0.640. The van der Waals surface area contributed by atoms with Gasteiger partial charge < -0.3 is 0 Å². The minimum Gasteiger partial charge on any atom is -0.278 e. The van der Waals surface area contributed by atoms with E-state index in [4.69, 9.17) is 0 Å². The van der Waals surface area contributed by atoms with Gasteiger partial charge in [0.25, 0.3) is 0 Å². The highest BCUT2D eigenvalue weighted by molar-refractivity contribution is 8.13. The molecular weight excluding hydrogens is 130 g/mol. The summed E-state index contributed by atoms with van der Waals surface area (Å²) in [5.41, 5.74) is 0. The number of nitrogens with zero attached hydrogens (tertiary/aromatic N) is 1. The minimum absolute atomic E-state index is 0.640. The second-order valence-corrected chi connectivity index (χ2v) is 3.05. The van der Waals surface area contributed by atoms with Crippen LogP contribution in [0.1, 0.15) is 6.92 Å². The smallest absolute Gasteiger partial charge is 0.0898 e. The SMILES string of the molecule is CSC1=NCC(C)C=C1. The molecule has 0 aliphatic carbocycles. The van der Waals surface area contributed by atoms with Crippen molar-refractivity contribution in [3.05, 3.63) is 12.2 Å². The van der Waals surface area contributed by atoms with E-state index in [1.165, 1.54) is 0 Å². The summed E-state index contributed by atoms with van der Waals surface area (Å²) >= 11 is 1.71. The van der Waals surface area contributed by atoms with Gasteiger partial charge in [-0.25, -0.2) is 0 Å². The van der Waals surface area contributed by atoms with Crippen LogP contribution in [0.5, 0.6) is 0 Å². The molecule has 0 saturated heterocycles. The van der Waals surface area contributed by atoms with E-state index in [1.54, 1.807) is 11.8 Å². The highest BCUT2D eigenvalue weighted by Gasteiger charge is 2.01. The number of thioether (sulfide) groups is 1. The molecule has 0 bridgehead atoms. The highest BCUT2D eigenvalue weighted by Crippen LogP contribution is 2.10. The van der Waals surface area contributed by atoms with Gasteiger partial charge >= 0.3 is 0 Å². The van der Waals surface area contributed by atoms with Gasteiger partial charge in [-0.05, 0) is 18.2 Å². The van der Waals surface area contributed by atoms with Gasteiger partial charge in [0.1, 0.15) is 0 Å². The second-order valence-electron chi connectivity index (χ2n) is 2.22. The first-order valence-corrected chi connectivity index (χ1v) is 4.32. The van der Waals surface area contributed by atoms with E-state index < -0.39 is 0 Å². The maximum atomic E-state index is 4.32. The van der Waals surface area contributed by atoms with Crippen LogP contribution in [0.15, 0.2) is 17.1 Å². The number of hydrogen-bond acceptors (Lipinski definition) is 2. The summed E-state index contributed by atoms with van der Waals surface area (Å²) in [5.74, 6) is 0.640. The quantitative estimate of drug-likeness (QED) is 0.502. The first kappa shape index (κ1) is 6.87. The maximum Gasteiger partial charge on any atom is 0.0898 e. The predicted molar refractivity (Wildman–Crippen MR) is 44.1 cm³/mol. The molecule has 0 aromatic heterocycles. The summed E-state index contributed by atoms with van der Waals surface area (Å²) in [4.78, 5) is 4.32. The average Bonchev–Trinajstić information content (AvgIpc) is 1.90. The number of dihydropyridines is 1. The lowest BCUT2D eigenvalue weighted by molar-refractivity contribution is 0.736. The first-order chi connectivity index (χ1) is 4.33. The average molecular weight is 141 g/mol. The maximum absolute atomic E-state index is 4.32. The van der Waals surface area contributed by atoms with Crippen LogP contribution in [0.3, 0.4) is 0 Å². The number of aliphatic imine (C=N–C) groups is 1. The van der Waals surface area contributed by atoms with Crippen LogP contribution >= 0.6 is 11.8 Å². The lowest BCUT2D eigenvalue weighted by atomic mass is 10.1. The molecule has 2 heteroatoms. The Kier molecular flexibility index (Phi) is 2.34. The third-order valence-corrected chi connectivity index (χ3v) is 2.00. The van der Waals surface area contributed by atoms with Crippen molar-refractivity contribution in [2.75, 3.05) is 12.8 Å². The van der Waals surface area contributed by atoms with E-state index in [9.17, 15) is 0 Å². The molecule has 1 rings (SSSR count). The molecular formula is C7H11NS. The van der Waals surface area contributed by atoms with E-state index >= 15 is 0 Å². The van der Waals surface area contributed by atoms with Gasteiger partial charge in [0.05, 0.1) is 5.04 Å². The van der Waals surface area contributed by atoms with E-state index in [0.29, 0.717) is 5.92 Å². The van der Waals surface area contributed by atoms with Crippen molar-refractivity contribution in [3.8, 4) is 0 Å². The van der Waals surface area contributed by atoms with Gasteiger partial charge in [-0.1, -0.05) is 13.0 Å². The molecule has 1 aliphatic rings. The monoisotopic (exact) mass is 141 g/mol. The third kappa shape index (κ3) is 1.86. The summed E-state index contributed by atoms with van der Waals surface area (Å²) in [7, 11) is 0. The topological polar surface area (TPSA) is 12.4 Å². The first-order valence-electron chi connectivity index (χ1n) is 3.09. The fraction of sp³-hybridized carbons (Fsp3) is 0.571. The van der Waals surface area contributed by atoms with Gasteiger partial charge in [-0.15, -0.1) is 11.8 Å². The Balaban J connectivity index is 2.52. The van der Waals surface area contributed by atoms with E-state index in [1.807, 2.05) is 0 Å². The Labute approximate surface area is 60.3 Å². The molecule has 1 unspecified atom stereocenters. The molecule has 9 heavy (non-hydrogen) atoms. The lowest BCUT2D eigenvalue weighted by Crippen LogP contribution is -2.03. The van der Waals surface area contributed by atoms with Gasteiger partial charge in [0, 0.05) is 6.54 Å². The summed E-state index contributed by atoms with van der Waals surface area (Å²) in [6.45, 7) is 3.14. The largest absolute Gasteiger partial charge is 0.278 e. The molecule has 1 aliphatic heterocycles. The summed E-state index contributed by atoms with van der Waals surface area (Å²) in [6.07, 6.45) is 6.36. The van der Waals surface area contributed by atoms with Crippen LogP contribution < -0.4 is 0 Å². The Morgan fingerprint density at radius 1 is 1.78 bits per heavy atom. The fourth-order valence-corrected chi connectivity index (χ4v) is 1.14. The number of hydrogen-bond donors (Lipinski definition) is 0. The summed E-state index contributed by atoms with van der Waals surface area (Å²) < 4.78 is 0. The fourth-order valence-electron chi connectivity index (χ4n) is 0.727. The van der Waals surface area contributed by atoms with Crippen molar-refractivity contribution in [2.45, 2.75) is 6.92 Å².